The molecule has 6 heteroatoms. The molecule has 6 nitrogen and oxygen atoms in total. The highest BCUT2D eigenvalue weighted by Gasteiger charge is 2.54. The third-order valence-electron chi connectivity index (χ3n) is 7.31. The molecule has 0 aromatic rings. The van der Waals surface area contributed by atoms with Gasteiger partial charge in [-0.2, -0.15) is 0 Å². The molecule has 2 aliphatic carbocycles. The van der Waals surface area contributed by atoms with Crippen molar-refractivity contribution in [3.63, 3.8) is 0 Å². The highest BCUT2D eigenvalue weighted by atomic mass is 16.3. The smallest absolute Gasteiger partial charge is 0.267 e. The van der Waals surface area contributed by atoms with Crippen molar-refractivity contribution < 1.29 is 9.55 Å². The first-order valence-electron chi connectivity index (χ1n) is 10.7. The molecule has 0 aromatic heterocycles. The largest absolute Gasteiger partial charge is 0.344 e. The van der Waals surface area contributed by atoms with Gasteiger partial charge in [0.05, 0.1) is 18.4 Å². The molecule has 4 atom stereocenters. The minimum atomic E-state index is -0.545. The van der Waals surface area contributed by atoms with Crippen molar-refractivity contribution in [1.29, 1.82) is 0 Å². The summed E-state index contributed by atoms with van der Waals surface area (Å²) < 4.78 is 1.02. The van der Waals surface area contributed by atoms with Crippen LogP contribution in [0.2, 0.25) is 0 Å². The SMILES string of the molecule is O=C1CC2=C(C=CC3C2C2=CC=CC4=CN=CN3C42)[N+](=O)C1CCN1CCCC1. The second kappa shape index (κ2) is 6.46. The molecule has 6 rings (SSSR count). The molecule has 4 unspecified atom stereocenters. The predicted molar refractivity (Wildman–Crippen MR) is 110 cm³/mol. The summed E-state index contributed by atoms with van der Waals surface area (Å²) in [6.07, 6.45) is 17.7. The third-order valence-corrected chi connectivity index (χ3v) is 7.31. The number of Topliss-reactive ketones (excluding diaryl/α,β-unsaturated/α-hetero) is 1. The van der Waals surface area contributed by atoms with Gasteiger partial charge in [0.25, 0.3) is 11.7 Å². The molecule has 0 bridgehead atoms. The monoisotopic (exact) mass is 389 g/mol. The Labute approximate surface area is 170 Å². The lowest BCUT2D eigenvalue weighted by Crippen LogP contribution is -2.43. The van der Waals surface area contributed by atoms with Crippen LogP contribution in [0.4, 0.5) is 0 Å². The maximum absolute atomic E-state index is 13.2. The molecule has 2 saturated heterocycles. The Balaban J connectivity index is 1.32. The van der Waals surface area contributed by atoms with Crippen LogP contribution in [0.25, 0.3) is 0 Å². The molecular weight excluding hydrogens is 364 g/mol. The lowest BCUT2D eigenvalue weighted by atomic mass is 9.76. The van der Waals surface area contributed by atoms with Gasteiger partial charge in [0.15, 0.2) is 0 Å². The molecule has 0 N–H and O–H groups in total. The van der Waals surface area contributed by atoms with Gasteiger partial charge in [-0.25, -0.2) is 4.99 Å². The van der Waals surface area contributed by atoms with Crippen LogP contribution in [0.3, 0.4) is 0 Å². The van der Waals surface area contributed by atoms with Gasteiger partial charge in [0, 0.05) is 52.8 Å². The van der Waals surface area contributed by atoms with E-state index in [-0.39, 0.29) is 23.8 Å². The maximum Gasteiger partial charge on any atom is 0.267 e. The van der Waals surface area contributed by atoms with Gasteiger partial charge in [-0.3, -0.25) is 4.79 Å². The molecule has 0 amide bonds. The lowest BCUT2D eigenvalue weighted by molar-refractivity contribution is -0.525. The number of hydrogen-bond donors (Lipinski definition) is 0. The van der Waals surface area contributed by atoms with Crippen LogP contribution in [0.15, 0.2) is 64.0 Å². The van der Waals surface area contributed by atoms with E-state index in [9.17, 15) is 9.70 Å². The Bertz CT molecular complexity index is 977. The number of carbonyl (C=O) groups excluding carboxylic acids is 1. The Kier molecular flexibility index (Phi) is 3.85. The highest BCUT2D eigenvalue weighted by molar-refractivity contribution is 5.87. The van der Waals surface area contributed by atoms with Gasteiger partial charge < -0.3 is 9.80 Å². The summed E-state index contributed by atoms with van der Waals surface area (Å²) in [7, 11) is 0. The number of carbonyl (C=O) groups is 1. The molecule has 0 saturated carbocycles. The van der Waals surface area contributed by atoms with E-state index in [1.165, 1.54) is 24.0 Å². The fourth-order valence-corrected chi connectivity index (χ4v) is 5.94. The molecular formula is C23H25N4O2+. The van der Waals surface area contributed by atoms with E-state index in [1.807, 2.05) is 18.6 Å². The zero-order chi connectivity index (χ0) is 19.5. The summed E-state index contributed by atoms with van der Waals surface area (Å²) in [5, 5.41) is 0. The number of ketones is 1. The normalized spacial score (nSPS) is 35.0. The number of nitrogens with zero attached hydrogens (tertiary/aromatic N) is 4. The number of likely N-dealkylation sites (tertiary alicyclic amines) is 1. The molecule has 148 valence electrons. The van der Waals surface area contributed by atoms with Crippen LogP contribution < -0.4 is 0 Å². The van der Waals surface area contributed by atoms with Crippen molar-refractivity contribution in [2.24, 2.45) is 10.9 Å². The predicted octanol–water partition coefficient (Wildman–Crippen LogP) is 2.51. The number of hydrogen-bond acceptors (Lipinski definition) is 5. The molecule has 6 aliphatic rings. The topological polar surface area (TPSA) is 56.0 Å². The van der Waals surface area contributed by atoms with Crippen molar-refractivity contribution in [2.45, 2.75) is 43.8 Å². The van der Waals surface area contributed by atoms with Gasteiger partial charge >= 0.3 is 0 Å². The zero-order valence-corrected chi connectivity index (χ0v) is 16.4. The minimum absolute atomic E-state index is 0.0771. The van der Waals surface area contributed by atoms with Crippen molar-refractivity contribution in [3.05, 3.63) is 63.9 Å². The fourth-order valence-electron chi connectivity index (χ4n) is 5.94. The summed E-state index contributed by atoms with van der Waals surface area (Å²) in [6, 6.07) is -0.247. The first-order valence-corrected chi connectivity index (χ1v) is 10.7. The Morgan fingerprint density at radius 2 is 2.07 bits per heavy atom. The summed E-state index contributed by atoms with van der Waals surface area (Å²) in [5.41, 5.74) is 4.18. The molecule has 4 heterocycles. The molecule has 0 radical (unpaired) electrons. The van der Waals surface area contributed by atoms with Crippen LogP contribution >= 0.6 is 0 Å². The fraction of sp³-hybridized carbons (Fsp3) is 0.478. The van der Waals surface area contributed by atoms with Crippen molar-refractivity contribution in [1.82, 2.24) is 9.80 Å². The van der Waals surface area contributed by atoms with E-state index in [0.29, 0.717) is 12.8 Å². The first kappa shape index (κ1) is 17.3. The number of fused-ring (bicyclic) bond motifs is 4. The molecule has 0 aromatic carbocycles. The van der Waals surface area contributed by atoms with E-state index in [0.717, 1.165) is 35.7 Å². The van der Waals surface area contributed by atoms with E-state index < -0.39 is 6.04 Å². The lowest BCUT2D eigenvalue weighted by Gasteiger charge is -2.32. The van der Waals surface area contributed by atoms with Crippen LogP contribution in [-0.2, 0) is 4.79 Å². The first-order chi connectivity index (χ1) is 14.2. The summed E-state index contributed by atoms with van der Waals surface area (Å²) in [4.78, 5) is 35.3. The Morgan fingerprint density at radius 1 is 1.21 bits per heavy atom. The highest BCUT2D eigenvalue weighted by Crippen LogP contribution is 2.49. The number of nitroso groups, excluding NO2 is 1. The van der Waals surface area contributed by atoms with Gasteiger partial charge in [-0.05, 0) is 37.1 Å². The number of rotatable bonds is 3. The summed E-state index contributed by atoms with van der Waals surface area (Å²) in [6.45, 7) is 3.02. The van der Waals surface area contributed by atoms with Crippen LogP contribution in [0.5, 0.6) is 0 Å². The van der Waals surface area contributed by atoms with E-state index in [4.69, 9.17) is 0 Å². The average molecular weight is 389 g/mol. The number of allylic oxidation sites excluding steroid dienone is 3. The zero-order valence-electron chi connectivity index (χ0n) is 16.4. The van der Waals surface area contributed by atoms with Gasteiger partial charge in [0.2, 0.25) is 5.78 Å². The quantitative estimate of drug-likeness (QED) is 0.696. The van der Waals surface area contributed by atoms with Crippen LogP contribution in [0, 0.1) is 10.8 Å². The van der Waals surface area contributed by atoms with E-state index in [2.05, 4.69) is 39.1 Å². The molecule has 4 aliphatic heterocycles. The second-order valence-electron chi connectivity index (χ2n) is 8.83. The van der Waals surface area contributed by atoms with Gasteiger partial charge in [-0.1, -0.05) is 24.3 Å². The van der Waals surface area contributed by atoms with Crippen LogP contribution in [0.1, 0.15) is 25.7 Å². The van der Waals surface area contributed by atoms with Crippen molar-refractivity contribution in [3.8, 4) is 0 Å². The Morgan fingerprint density at radius 3 is 2.93 bits per heavy atom. The molecule has 29 heavy (non-hydrogen) atoms. The van der Waals surface area contributed by atoms with E-state index in [1.54, 1.807) is 0 Å². The van der Waals surface area contributed by atoms with E-state index >= 15 is 0 Å². The van der Waals surface area contributed by atoms with Gasteiger partial charge in [-0.15, -0.1) is 0 Å². The van der Waals surface area contributed by atoms with Crippen molar-refractivity contribution in [2.75, 3.05) is 19.6 Å². The number of aliphatic imine (C=N–C) groups is 1. The minimum Gasteiger partial charge on any atom is -0.344 e. The summed E-state index contributed by atoms with van der Waals surface area (Å²) >= 11 is 0. The van der Waals surface area contributed by atoms with Crippen molar-refractivity contribution >= 4 is 12.1 Å². The van der Waals surface area contributed by atoms with Gasteiger partial charge in [0.1, 0.15) is 0 Å². The average Bonchev–Trinajstić information content (AvgIpc) is 3.36. The summed E-state index contributed by atoms with van der Waals surface area (Å²) in [5.74, 6) is 0.158. The maximum atomic E-state index is 13.2. The molecule has 0 spiro atoms. The second-order valence-corrected chi connectivity index (χ2v) is 8.83. The van der Waals surface area contributed by atoms with Crippen LogP contribution in [-0.4, -0.2) is 64.4 Å². The molecule has 2 fully saturated rings. The Hall–Kier alpha value is -2.60. The third kappa shape index (κ3) is 2.51. The standard InChI is InChI=1S/C23H25N4O2/c28-21-12-17-18(27(29)19(21)8-11-25-9-1-2-10-25)6-7-20-22(17)16-5-3-4-15-13-24-14-26(20)23(15)16/h3-7,13-14,19-20,22-23H,1-2,8-12H2/q+1.